The first kappa shape index (κ1) is 17.4. The van der Waals surface area contributed by atoms with Crippen LogP contribution in [0.4, 0.5) is 0 Å². The number of rotatable bonds is 5. The highest BCUT2D eigenvalue weighted by molar-refractivity contribution is 6.08. The number of carbonyl (C=O) groups excluding carboxylic acids is 3. The van der Waals surface area contributed by atoms with Gasteiger partial charge in [-0.3, -0.25) is 14.5 Å². The number of phenolic OH excluding ortho intramolecular Hbond substituents is 1. The SMILES string of the molecule is CCCCN1C(=O)[C@@H]2[C@@H](C1=O)[C@](C)(C(=O)[O-])[NH2+][C@H]2c1ccccc1O. The molecule has 7 heteroatoms. The number of para-hydroxylation sites is 1. The van der Waals surface area contributed by atoms with Crippen LogP contribution >= 0.6 is 0 Å². The molecule has 2 amide bonds. The number of amides is 2. The number of hydrogen-bond acceptors (Lipinski definition) is 5. The van der Waals surface area contributed by atoms with E-state index in [4.69, 9.17) is 0 Å². The Morgan fingerprint density at radius 1 is 1.32 bits per heavy atom. The van der Waals surface area contributed by atoms with Crippen LogP contribution in [0.25, 0.3) is 0 Å². The largest absolute Gasteiger partial charge is 0.544 e. The molecule has 0 bridgehead atoms. The fourth-order valence-corrected chi connectivity index (χ4v) is 4.11. The molecule has 134 valence electrons. The molecule has 0 spiro atoms. The molecular weight excluding hydrogens is 324 g/mol. The van der Waals surface area contributed by atoms with E-state index in [2.05, 4.69) is 0 Å². The third kappa shape index (κ3) is 2.50. The first-order valence-corrected chi connectivity index (χ1v) is 8.53. The quantitative estimate of drug-likeness (QED) is 0.658. The highest BCUT2D eigenvalue weighted by Gasteiger charge is 2.68. The van der Waals surface area contributed by atoms with Gasteiger partial charge in [-0.05, 0) is 25.5 Å². The molecule has 2 fully saturated rings. The maximum Gasteiger partial charge on any atom is 0.240 e. The van der Waals surface area contributed by atoms with E-state index >= 15 is 0 Å². The highest BCUT2D eigenvalue weighted by Crippen LogP contribution is 2.45. The summed E-state index contributed by atoms with van der Waals surface area (Å²) in [4.78, 5) is 38.7. The van der Waals surface area contributed by atoms with Crippen LogP contribution in [0.3, 0.4) is 0 Å². The molecule has 3 N–H and O–H groups in total. The van der Waals surface area contributed by atoms with Gasteiger partial charge in [0.2, 0.25) is 11.8 Å². The number of nitrogens with zero attached hydrogens (tertiary/aromatic N) is 1. The Hall–Kier alpha value is -2.41. The number of unbranched alkanes of at least 4 members (excludes halogenated alkanes) is 1. The molecule has 2 aliphatic rings. The predicted molar refractivity (Wildman–Crippen MR) is 84.8 cm³/mol. The third-order valence-electron chi connectivity index (χ3n) is 5.47. The van der Waals surface area contributed by atoms with Crippen LogP contribution in [-0.2, 0) is 14.4 Å². The van der Waals surface area contributed by atoms with Gasteiger partial charge in [0.25, 0.3) is 0 Å². The molecular formula is C18H22N2O5. The van der Waals surface area contributed by atoms with Crippen molar-refractivity contribution in [2.45, 2.75) is 38.3 Å². The van der Waals surface area contributed by atoms with Gasteiger partial charge in [-0.25, -0.2) is 0 Å². The molecule has 7 nitrogen and oxygen atoms in total. The van der Waals surface area contributed by atoms with Gasteiger partial charge < -0.3 is 20.3 Å². The number of carbonyl (C=O) groups is 3. The Balaban J connectivity index is 2.06. The molecule has 1 aromatic carbocycles. The molecule has 2 saturated heterocycles. The van der Waals surface area contributed by atoms with Crippen LogP contribution in [0.15, 0.2) is 24.3 Å². The number of carboxylic acid groups (broad SMARTS) is 1. The second-order valence-electron chi connectivity index (χ2n) is 7.01. The Morgan fingerprint density at radius 2 is 2.00 bits per heavy atom. The van der Waals surface area contributed by atoms with Gasteiger partial charge in [0, 0.05) is 6.54 Å². The number of likely N-dealkylation sites (tertiary alicyclic amines) is 1. The summed E-state index contributed by atoms with van der Waals surface area (Å²) in [5.74, 6) is -4.02. The summed E-state index contributed by atoms with van der Waals surface area (Å²) >= 11 is 0. The standard InChI is InChI=1S/C18H22N2O5/c1-3-4-9-20-15(22)12-13(16(20)23)18(2,17(24)25)19-14(12)10-7-5-6-8-11(10)21/h5-8,12-14,19,21H,3-4,9H2,1-2H3,(H,24,25)/t12-,13+,14+,18-/m1/s1. The summed E-state index contributed by atoms with van der Waals surface area (Å²) in [5.41, 5.74) is -1.09. The van der Waals surface area contributed by atoms with Crippen molar-refractivity contribution in [2.75, 3.05) is 6.54 Å². The number of phenols is 1. The zero-order chi connectivity index (χ0) is 18.4. The fraction of sp³-hybridized carbons (Fsp3) is 0.500. The molecule has 1 aromatic rings. The van der Waals surface area contributed by atoms with Crippen molar-refractivity contribution in [3.63, 3.8) is 0 Å². The van der Waals surface area contributed by atoms with Crippen LogP contribution < -0.4 is 10.4 Å². The summed E-state index contributed by atoms with van der Waals surface area (Å²) in [7, 11) is 0. The maximum absolute atomic E-state index is 12.9. The van der Waals surface area contributed by atoms with E-state index in [9.17, 15) is 24.6 Å². The van der Waals surface area contributed by atoms with Crippen molar-refractivity contribution >= 4 is 17.8 Å². The van der Waals surface area contributed by atoms with Gasteiger partial charge >= 0.3 is 0 Å². The van der Waals surface area contributed by atoms with Crippen LogP contribution in [0.5, 0.6) is 5.75 Å². The summed E-state index contributed by atoms with van der Waals surface area (Å²) in [5, 5.41) is 23.5. The Kier molecular flexibility index (Phi) is 4.28. The van der Waals surface area contributed by atoms with E-state index < -0.39 is 35.3 Å². The molecule has 3 rings (SSSR count). The van der Waals surface area contributed by atoms with E-state index in [0.29, 0.717) is 12.0 Å². The molecule has 4 atom stereocenters. The van der Waals surface area contributed by atoms with Crippen molar-refractivity contribution < 1.29 is 29.9 Å². The van der Waals surface area contributed by atoms with Gasteiger partial charge in [0.05, 0.1) is 5.56 Å². The van der Waals surface area contributed by atoms with Crippen LogP contribution in [0.1, 0.15) is 38.3 Å². The molecule has 0 radical (unpaired) electrons. The molecule has 25 heavy (non-hydrogen) atoms. The fourth-order valence-electron chi connectivity index (χ4n) is 4.11. The van der Waals surface area contributed by atoms with Crippen molar-refractivity contribution in [1.82, 2.24) is 4.90 Å². The van der Waals surface area contributed by atoms with Crippen LogP contribution in [0.2, 0.25) is 0 Å². The summed E-state index contributed by atoms with van der Waals surface area (Å²) < 4.78 is 0. The van der Waals surface area contributed by atoms with Crippen molar-refractivity contribution in [1.29, 1.82) is 0 Å². The Morgan fingerprint density at radius 3 is 2.60 bits per heavy atom. The Labute approximate surface area is 145 Å². The molecule has 0 aliphatic carbocycles. The smallest absolute Gasteiger partial charge is 0.240 e. The van der Waals surface area contributed by atoms with E-state index in [0.717, 1.165) is 6.42 Å². The second-order valence-corrected chi connectivity index (χ2v) is 7.01. The predicted octanol–water partition coefficient (Wildman–Crippen LogP) is -1.08. The molecule has 0 unspecified atom stereocenters. The second kappa shape index (κ2) is 6.15. The van der Waals surface area contributed by atoms with Crippen molar-refractivity contribution in [3.05, 3.63) is 29.8 Å². The van der Waals surface area contributed by atoms with Crippen LogP contribution in [0, 0.1) is 11.8 Å². The lowest BCUT2D eigenvalue weighted by Gasteiger charge is -2.29. The van der Waals surface area contributed by atoms with Crippen molar-refractivity contribution in [2.24, 2.45) is 11.8 Å². The summed E-state index contributed by atoms with van der Waals surface area (Å²) in [6, 6.07) is 5.86. The first-order chi connectivity index (χ1) is 11.8. The lowest BCUT2D eigenvalue weighted by molar-refractivity contribution is -0.735. The number of imide groups is 1. The Bertz CT molecular complexity index is 734. The number of aromatic hydroxyl groups is 1. The maximum atomic E-state index is 12.9. The average Bonchev–Trinajstić information content (AvgIpc) is 3.02. The number of nitrogens with two attached hydrogens (primary N) is 1. The van der Waals surface area contributed by atoms with Gasteiger partial charge in [0.1, 0.15) is 35.1 Å². The molecule has 0 saturated carbocycles. The van der Waals surface area contributed by atoms with Crippen molar-refractivity contribution in [3.8, 4) is 5.75 Å². The van der Waals surface area contributed by atoms with Gasteiger partial charge in [-0.1, -0.05) is 25.5 Å². The first-order valence-electron chi connectivity index (χ1n) is 8.53. The topological polar surface area (TPSA) is 114 Å². The number of quaternary nitrogens is 1. The van der Waals surface area contributed by atoms with Gasteiger partial charge in [0.15, 0.2) is 0 Å². The van der Waals surface area contributed by atoms with Gasteiger partial charge in [-0.15, -0.1) is 0 Å². The van der Waals surface area contributed by atoms with E-state index in [1.54, 1.807) is 18.2 Å². The van der Waals surface area contributed by atoms with E-state index in [-0.39, 0.29) is 18.2 Å². The summed E-state index contributed by atoms with van der Waals surface area (Å²) in [6.45, 7) is 3.67. The summed E-state index contributed by atoms with van der Waals surface area (Å²) in [6.07, 6.45) is 1.49. The van der Waals surface area contributed by atoms with E-state index in [1.807, 2.05) is 6.92 Å². The van der Waals surface area contributed by atoms with Crippen LogP contribution in [-0.4, -0.2) is 39.9 Å². The zero-order valence-electron chi connectivity index (χ0n) is 14.3. The average molecular weight is 346 g/mol. The number of benzene rings is 1. The lowest BCUT2D eigenvalue weighted by atomic mass is 9.80. The highest BCUT2D eigenvalue weighted by atomic mass is 16.4. The number of aliphatic carboxylic acids is 1. The minimum Gasteiger partial charge on any atom is -0.544 e. The monoisotopic (exact) mass is 346 g/mol. The normalized spacial score (nSPS) is 31.4. The third-order valence-corrected chi connectivity index (χ3v) is 5.47. The number of fused-ring (bicyclic) bond motifs is 1. The minimum absolute atomic E-state index is 0.0163. The minimum atomic E-state index is -1.55. The molecule has 0 aromatic heterocycles. The molecule has 2 heterocycles. The zero-order valence-corrected chi connectivity index (χ0v) is 14.3. The number of carboxylic acids is 1. The lowest BCUT2D eigenvalue weighted by Crippen LogP contribution is -2.98. The van der Waals surface area contributed by atoms with Gasteiger partial charge in [-0.2, -0.15) is 0 Å². The molecule has 2 aliphatic heterocycles. The number of hydrogen-bond donors (Lipinski definition) is 2. The van der Waals surface area contributed by atoms with E-state index in [1.165, 1.54) is 23.2 Å².